The number of nitrogens with zero attached hydrogens (tertiary/aromatic N) is 2. The van der Waals surface area contributed by atoms with Crippen molar-refractivity contribution in [1.82, 2.24) is 14.9 Å². The molecule has 0 amide bonds. The van der Waals surface area contributed by atoms with Gasteiger partial charge in [0.25, 0.3) is 0 Å². The molecule has 100 valence electrons. The van der Waals surface area contributed by atoms with Crippen LogP contribution in [0.5, 0.6) is 0 Å². The van der Waals surface area contributed by atoms with Crippen LogP contribution in [0.2, 0.25) is 0 Å². The topological polar surface area (TPSA) is 46.9 Å². The molecule has 4 nitrogen and oxygen atoms in total. The summed E-state index contributed by atoms with van der Waals surface area (Å²) in [5.41, 5.74) is 0.896. The number of nitrogens with one attached hydrogen (secondary N) is 1. The zero-order valence-corrected chi connectivity index (χ0v) is 11.2. The Morgan fingerprint density at radius 1 is 1.39 bits per heavy atom. The van der Waals surface area contributed by atoms with Crippen molar-refractivity contribution in [2.45, 2.75) is 58.0 Å². The minimum Gasteiger partial charge on any atom is -0.314 e. The van der Waals surface area contributed by atoms with Crippen molar-refractivity contribution in [3.05, 3.63) is 28.4 Å². The van der Waals surface area contributed by atoms with Crippen LogP contribution < -0.4 is 11.0 Å². The van der Waals surface area contributed by atoms with E-state index in [-0.39, 0.29) is 5.69 Å². The van der Waals surface area contributed by atoms with Gasteiger partial charge in [-0.3, -0.25) is 4.57 Å². The molecule has 0 aromatic carbocycles. The van der Waals surface area contributed by atoms with Crippen molar-refractivity contribution < 1.29 is 0 Å². The predicted octanol–water partition coefficient (Wildman–Crippen LogP) is 1.86. The zero-order chi connectivity index (χ0) is 12.8. The van der Waals surface area contributed by atoms with Crippen LogP contribution in [0.1, 0.15) is 44.1 Å². The second-order valence-corrected chi connectivity index (χ2v) is 5.25. The summed E-state index contributed by atoms with van der Waals surface area (Å²) in [6.45, 7) is 3.71. The molecule has 0 spiro atoms. The highest BCUT2D eigenvalue weighted by Gasteiger charge is 2.11. The van der Waals surface area contributed by atoms with Gasteiger partial charge in [-0.25, -0.2) is 9.78 Å². The lowest BCUT2D eigenvalue weighted by Crippen LogP contribution is -2.32. The molecule has 0 radical (unpaired) electrons. The highest BCUT2D eigenvalue weighted by molar-refractivity contribution is 4.99. The Morgan fingerprint density at radius 3 is 2.94 bits per heavy atom. The number of hydrogen-bond acceptors (Lipinski definition) is 3. The summed E-state index contributed by atoms with van der Waals surface area (Å²) < 4.78 is 1.71. The third-order valence-electron chi connectivity index (χ3n) is 3.60. The number of aryl methyl sites for hydroxylation is 2. The Labute approximate surface area is 108 Å². The lowest BCUT2D eigenvalue weighted by Gasteiger charge is -2.22. The molecule has 0 unspecified atom stereocenters. The summed E-state index contributed by atoms with van der Waals surface area (Å²) in [6, 6.07) is 0.700. The predicted molar refractivity (Wildman–Crippen MR) is 72.7 cm³/mol. The molecule has 1 saturated carbocycles. The van der Waals surface area contributed by atoms with Crippen molar-refractivity contribution in [2.24, 2.45) is 0 Å². The van der Waals surface area contributed by atoms with Crippen LogP contribution in [0.4, 0.5) is 0 Å². The van der Waals surface area contributed by atoms with E-state index in [1.165, 1.54) is 32.1 Å². The van der Waals surface area contributed by atoms with E-state index >= 15 is 0 Å². The maximum absolute atomic E-state index is 11.5. The summed E-state index contributed by atoms with van der Waals surface area (Å²) >= 11 is 0. The minimum atomic E-state index is -0.140. The summed E-state index contributed by atoms with van der Waals surface area (Å²) in [7, 11) is 0. The molecule has 0 aliphatic heterocycles. The molecule has 1 aromatic rings. The minimum absolute atomic E-state index is 0.140. The Hall–Kier alpha value is -1.16. The van der Waals surface area contributed by atoms with Crippen molar-refractivity contribution in [2.75, 3.05) is 6.54 Å². The van der Waals surface area contributed by atoms with Crippen LogP contribution in [-0.2, 0) is 6.54 Å². The quantitative estimate of drug-likeness (QED) is 0.810. The van der Waals surface area contributed by atoms with Gasteiger partial charge in [0.2, 0.25) is 0 Å². The van der Waals surface area contributed by atoms with E-state index in [9.17, 15) is 4.79 Å². The van der Waals surface area contributed by atoms with Crippen LogP contribution in [0.15, 0.2) is 17.2 Å². The molecule has 2 rings (SSSR count). The maximum Gasteiger partial charge on any atom is 0.347 e. The molecule has 1 aliphatic rings. The smallest absolute Gasteiger partial charge is 0.314 e. The molecule has 0 saturated heterocycles. The molecule has 0 atom stereocenters. The van der Waals surface area contributed by atoms with E-state index in [1.807, 2.05) is 13.1 Å². The largest absolute Gasteiger partial charge is 0.347 e. The fraction of sp³-hybridized carbons (Fsp3) is 0.714. The van der Waals surface area contributed by atoms with Gasteiger partial charge in [-0.2, -0.15) is 0 Å². The van der Waals surface area contributed by atoms with Gasteiger partial charge in [-0.15, -0.1) is 0 Å². The standard InChI is InChI=1S/C14H23N3O/c1-12-10-16-14(18)17(11-12)9-5-8-15-13-6-3-2-4-7-13/h10-11,13,15H,2-9H2,1H3. The van der Waals surface area contributed by atoms with Crippen molar-refractivity contribution >= 4 is 0 Å². The first-order chi connectivity index (χ1) is 8.75. The first kappa shape index (κ1) is 13.3. The van der Waals surface area contributed by atoms with Crippen LogP contribution in [-0.4, -0.2) is 22.1 Å². The van der Waals surface area contributed by atoms with Crippen LogP contribution in [0.3, 0.4) is 0 Å². The Bertz CT molecular complexity index is 421. The highest BCUT2D eigenvalue weighted by atomic mass is 16.1. The van der Waals surface area contributed by atoms with Gasteiger partial charge in [0, 0.05) is 25.0 Å². The van der Waals surface area contributed by atoms with Gasteiger partial charge in [-0.1, -0.05) is 19.3 Å². The van der Waals surface area contributed by atoms with Crippen molar-refractivity contribution in [3.63, 3.8) is 0 Å². The molecule has 1 aromatic heterocycles. The van der Waals surface area contributed by atoms with Crippen LogP contribution in [0.25, 0.3) is 0 Å². The first-order valence-electron chi connectivity index (χ1n) is 7.02. The molecular weight excluding hydrogens is 226 g/mol. The van der Waals surface area contributed by atoms with Crippen molar-refractivity contribution in [1.29, 1.82) is 0 Å². The summed E-state index contributed by atoms with van der Waals surface area (Å²) in [4.78, 5) is 15.3. The average Bonchev–Trinajstić information content (AvgIpc) is 2.40. The molecular formula is C14H23N3O. The Morgan fingerprint density at radius 2 is 2.17 bits per heavy atom. The third kappa shape index (κ3) is 3.95. The lowest BCUT2D eigenvalue weighted by atomic mass is 9.95. The number of aromatic nitrogens is 2. The monoisotopic (exact) mass is 249 g/mol. The van der Waals surface area contributed by atoms with Gasteiger partial charge < -0.3 is 5.32 Å². The van der Waals surface area contributed by atoms with Gasteiger partial charge >= 0.3 is 5.69 Å². The van der Waals surface area contributed by atoms with E-state index in [1.54, 1.807) is 10.8 Å². The Balaban J connectivity index is 1.71. The maximum atomic E-state index is 11.5. The van der Waals surface area contributed by atoms with E-state index in [2.05, 4.69) is 10.3 Å². The molecule has 1 fully saturated rings. The van der Waals surface area contributed by atoms with Gasteiger partial charge in [0.15, 0.2) is 0 Å². The molecule has 1 heterocycles. The lowest BCUT2D eigenvalue weighted by molar-refractivity contribution is 0.368. The fourth-order valence-corrected chi connectivity index (χ4v) is 2.59. The molecule has 1 N–H and O–H groups in total. The van der Waals surface area contributed by atoms with Gasteiger partial charge in [0.1, 0.15) is 0 Å². The number of rotatable bonds is 5. The SMILES string of the molecule is Cc1cnc(=O)n(CCCNC2CCCCC2)c1. The molecule has 0 bridgehead atoms. The normalized spacial score (nSPS) is 16.9. The fourth-order valence-electron chi connectivity index (χ4n) is 2.59. The number of hydrogen-bond donors (Lipinski definition) is 1. The van der Waals surface area contributed by atoms with Crippen molar-refractivity contribution in [3.8, 4) is 0 Å². The highest BCUT2D eigenvalue weighted by Crippen LogP contribution is 2.17. The van der Waals surface area contributed by atoms with Crippen LogP contribution >= 0.6 is 0 Å². The second kappa shape index (κ2) is 6.69. The zero-order valence-electron chi connectivity index (χ0n) is 11.2. The molecule has 18 heavy (non-hydrogen) atoms. The average molecular weight is 249 g/mol. The van der Waals surface area contributed by atoms with E-state index < -0.39 is 0 Å². The molecule has 1 aliphatic carbocycles. The van der Waals surface area contributed by atoms with E-state index in [0.717, 1.165) is 25.1 Å². The third-order valence-corrected chi connectivity index (χ3v) is 3.60. The molecule has 4 heteroatoms. The van der Waals surface area contributed by atoms with Gasteiger partial charge in [0.05, 0.1) is 0 Å². The first-order valence-corrected chi connectivity index (χ1v) is 7.02. The summed E-state index contributed by atoms with van der Waals surface area (Å²) in [5, 5.41) is 3.59. The Kier molecular flexibility index (Phi) is 4.93. The summed E-state index contributed by atoms with van der Waals surface area (Å²) in [5.74, 6) is 0. The summed E-state index contributed by atoms with van der Waals surface area (Å²) in [6.07, 6.45) is 11.2. The van der Waals surface area contributed by atoms with Gasteiger partial charge in [-0.05, 0) is 38.3 Å². The van der Waals surface area contributed by atoms with E-state index in [0.29, 0.717) is 6.04 Å². The van der Waals surface area contributed by atoms with Crippen LogP contribution in [0, 0.1) is 6.92 Å². The second-order valence-electron chi connectivity index (χ2n) is 5.25. The van der Waals surface area contributed by atoms with E-state index in [4.69, 9.17) is 0 Å².